The van der Waals surface area contributed by atoms with E-state index in [-0.39, 0.29) is 11.7 Å². The molecule has 1 fully saturated rings. The fourth-order valence-electron chi connectivity index (χ4n) is 3.18. The minimum absolute atomic E-state index is 0.0676. The maximum atomic E-state index is 13.9. The maximum absolute atomic E-state index is 13.9. The molecule has 4 rings (SSSR count). The van der Waals surface area contributed by atoms with E-state index in [1.165, 1.54) is 22.3 Å². The summed E-state index contributed by atoms with van der Waals surface area (Å²) < 4.78 is 14.7. The lowest BCUT2D eigenvalue weighted by Crippen LogP contribution is -2.48. The number of hydrogen-bond acceptors (Lipinski definition) is 5. The molecule has 0 spiro atoms. The second-order valence-corrected chi connectivity index (χ2v) is 8.67. The number of thioether (sulfide) groups is 1. The Bertz CT molecular complexity index is 950. The zero-order valence-corrected chi connectivity index (χ0v) is 16.7. The van der Waals surface area contributed by atoms with Crippen molar-refractivity contribution in [3.63, 3.8) is 0 Å². The van der Waals surface area contributed by atoms with Gasteiger partial charge in [-0.3, -0.25) is 4.79 Å². The van der Waals surface area contributed by atoms with Crippen LogP contribution in [0.4, 0.5) is 9.52 Å². The molecule has 1 aliphatic heterocycles. The highest BCUT2D eigenvalue weighted by atomic mass is 32.2. The van der Waals surface area contributed by atoms with Crippen LogP contribution in [-0.2, 0) is 0 Å². The number of benzene rings is 2. The average molecular weight is 402 g/mol. The van der Waals surface area contributed by atoms with Crippen LogP contribution in [0.1, 0.15) is 17.3 Å². The molecule has 27 heavy (non-hydrogen) atoms. The van der Waals surface area contributed by atoms with Crippen molar-refractivity contribution in [1.82, 2.24) is 9.88 Å². The van der Waals surface area contributed by atoms with Crippen LogP contribution in [-0.4, -0.2) is 47.7 Å². The number of carbonyl (C=O) groups is 1. The quantitative estimate of drug-likeness (QED) is 0.603. The Morgan fingerprint density at radius 1 is 1.15 bits per heavy atom. The number of thiazole rings is 1. The molecule has 4 nitrogen and oxygen atoms in total. The van der Waals surface area contributed by atoms with Crippen LogP contribution in [0.5, 0.6) is 0 Å². The van der Waals surface area contributed by atoms with Crippen molar-refractivity contribution in [2.75, 3.05) is 36.8 Å². The molecule has 2 aromatic carbocycles. The Morgan fingerprint density at radius 3 is 2.56 bits per heavy atom. The van der Waals surface area contributed by atoms with Crippen molar-refractivity contribution in [3.8, 4) is 0 Å². The zero-order valence-electron chi connectivity index (χ0n) is 15.0. The van der Waals surface area contributed by atoms with Gasteiger partial charge in [-0.25, -0.2) is 9.37 Å². The summed E-state index contributed by atoms with van der Waals surface area (Å²) in [5.74, 6) is 0.803. The third-order valence-electron chi connectivity index (χ3n) is 4.61. The summed E-state index contributed by atoms with van der Waals surface area (Å²) in [6.45, 7) is 4.81. The number of amides is 1. The van der Waals surface area contributed by atoms with Gasteiger partial charge in [0.2, 0.25) is 0 Å². The molecular formula is C20H20FN3OS2. The van der Waals surface area contributed by atoms with E-state index in [4.69, 9.17) is 0 Å². The first-order chi connectivity index (χ1) is 13.2. The second kappa shape index (κ2) is 7.86. The molecule has 1 amide bonds. The highest BCUT2D eigenvalue weighted by molar-refractivity contribution is 7.99. The predicted octanol–water partition coefficient (Wildman–Crippen LogP) is 4.51. The number of carbonyl (C=O) groups excluding carboxylic acids is 1. The van der Waals surface area contributed by atoms with E-state index in [9.17, 15) is 9.18 Å². The molecule has 0 N–H and O–H groups in total. The Morgan fingerprint density at radius 2 is 1.89 bits per heavy atom. The van der Waals surface area contributed by atoms with Gasteiger partial charge in [0, 0.05) is 36.6 Å². The summed E-state index contributed by atoms with van der Waals surface area (Å²) >= 11 is 3.27. The van der Waals surface area contributed by atoms with Crippen molar-refractivity contribution < 1.29 is 9.18 Å². The van der Waals surface area contributed by atoms with Gasteiger partial charge >= 0.3 is 0 Å². The summed E-state index contributed by atoms with van der Waals surface area (Å²) in [5, 5.41) is 0.822. The summed E-state index contributed by atoms with van der Waals surface area (Å²) in [4.78, 5) is 22.4. The molecule has 0 radical (unpaired) electrons. The van der Waals surface area contributed by atoms with Gasteiger partial charge in [0.05, 0.1) is 4.70 Å². The normalized spacial score (nSPS) is 14.7. The van der Waals surface area contributed by atoms with Crippen molar-refractivity contribution >= 4 is 44.4 Å². The number of aromatic nitrogens is 1. The number of para-hydroxylation sites is 1. The molecule has 1 aliphatic rings. The van der Waals surface area contributed by atoms with Crippen LogP contribution >= 0.6 is 23.1 Å². The van der Waals surface area contributed by atoms with Gasteiger partial charge in [-0.05, 0) is 42.2 Å². The van der Waals surface area contributed by atoms with Gasteiger partial charge in [-0.1, -0.05) is 24.3 Å². The Kier molecular flexibility index (Phi) is 5.31. The number of nitrogens with zero attached hydrogens (tertiary/aromatic N) is 3. The first-order valence-corrected chi connectivity index (χ1v) is 10.8. The molecule has 7 heteroatoms. The average Bonchev–Trinajstić information content (AvgIpc) is 3.14. The third-order valence-corrected chi connectivity index (χ3v) is 6.58. The second-order valence-electron chi connectivity index (χ2n) is 6.32. The molecular weight excluding hydrogens is 381 g/mol. The number of halogens is 1. The van der Waals surface area contributed by atoms with E-state index in [2.05, 4.69) is 16.8 Å². The minimum Gasteiger partial charge on any atom is -0.345 e. The number of hydrogen-bond donors (Lipinski definition) is 0. The van der Waals surface area contributed by atoms with Gasteiger partial charge in [0.15, 0.2) is 5.13 Å². The van der Waals surface area contributed by atoms with Crippen LogP contribution in [0.25, 0.3) is 10.2 Å². The number of piperazine rings is 1. The van der Waals surface area contributed by atoms with E-state index in [1.807, 2.05) is 35.2 Å². The van der Waals surface area contributed by atoms with Crippen molar-refractivity contribution in [1.29, 1.82) is 0 Å². The Balaban J connectivity index is 1.41. The fourth-order valence-corrected chi connectivity index (χ4v) is 4.88. The third kappa shape index (κ3) is 3.80. The number of anilines is 1. The molecule has 0 bridgehead atoms. The van der Waals surface area contributed by atoms with E-state index in [0.717, 1.165) is 21.1 Å². The van der Waals surface area contributed by atoms with Crippen molar-refractivity contribution in [3.05, 3.63) is 53.8 Å². The summed E-state index contributed by atoms with van der Waals surface area (Å²) in [6, 6.07) is 12.9. The van der Waals surface area contributed by atoms with Crippen LogP contribution in [0.15, 0.2) is 47.4 Å². The molecule has 140 valence electrons. The van der Waals surface area contributed by atoms with Crippen LogP contribution < -0.4 is 4.90 Å². The predicted molar refractivity (Wildman–Crippen MR) is 111 cm³/mol. The van der Waals surface area contributed by atoms with Crippen LogP contribution in [0.2, 0.25) is 0 Å². The van der Waals surface area contributed by atoms with Gasteiger partial charge < -0.3 is 9.80 Å². The first-order valence-electron chi connectivity index (χ1n) is 8.98. The van der Waals surface area contributed by atoms with Gasteiger partial charge in [-0.2, -0.15) is 0 Å². The molecule has 0 aliphatic carbocycles. The minimum atomic E-state index is -0.284. The van der Waals surface area contributed by atoms with Crippen LogP contribution in [0.3, 0.4) is 0 Å². The molecule has 1 saturated heterocycles. The molecule has 1 aromatic heterocycles. The zero-order chi connectivity index (χ0) is 18.8. The maximum Gasteiger partial charge on any atom is 0.253 e. The smallest absolute Gasteiger partial charge is 0.253 e. The lowest BCUT2D eigenvalue weighted by Gasteiger charge is -2.34. The van der Waals surface area contributed by atoms with E-state index in [1.54, 1.807) is 17.8 Å². The summed E-state index contributed by atoms with van der Waals surface area (Å²) in [5.41, 5.74) is 1.16. The molecule has 2 heterocycles. The monoisotopic (exact) mass is 401 g/mol. The Labute approximate surface area is 166 Å². The number of fused-ring (bicyclic) bond motifs is 1. The highest BCUT2D eigenvalue weighted by Gasteiger charge is 2.24. The van der Waals surface area contributed by atoms with Gasteiger partial charge in [0.25, 0.3) is 5.91 Å². The SMILES string of the molecule is CCSc1ccc(C(=O)N2CCN(c3nc4c(F)cccc4s3)CC2)cc1. The molecule has 0 atom stereocenters. The molecule has 0 saturated carbocycles. The molecule has 3 aromatic rings. The van der Waals surface area contributed by atoms with Crippen molar-refractivity contribution in [2.24, 2.45) is 0 Å². The van der Waals surface area contributed by atoms with Gasteiger partial charge in [-0.15, -0.1) is 11.8 Å². The van der Waals surface area contributed by atoms with Crippen LogP contribution in [0, 0.1) is 5.82 Å². The van der Waals surface area contributed by atoms with E-state index >= 15 is 0 Å². The lowest BCUT2D eigenvalue weighted by atomic mass is 10.2. The first kappa shape index (κ1) is 18.3. The summed E-state index contributed by atoms with van der Waals surface area (Å²) in [7, 11) is 0. The number of rotatable bonds is 4. The summed E-state index contributed by atoms with van der Waals surface area (Å²) in [6.07, 6.45) is 0. The topological polar surface area (TPSA) is 36.4 Å². The standard InChI is InChI=1S/C20H20FN3OS2/c1-2-26-15-8-6-14(7-9-15)19(25)23-10-12-24(13-11-23)20-22-18-16(21)4-3-5-17(18)27-20/h3-9H,2,10-13H2,1H3. The fraction of sp³-hybridized carbons (Fsp3) is 0.300. The highest BCUT2D eigenvalue weighted by Crippen LogP contribution is 2.30. The van der Waals surface area contributed by atoms with Crippen molar-refractivity contribution in [2.45, 2.75) is 11.8 Å². The molecule has 0 unspecified atom stereocenters. The van der Waals surface area contributed by atoms with E-state index < -0.39 is 0 Å². The largest absolute Gasteiger partial charge is 0.345 e. The van der Waals surface area contributed by atoms with Gasteiger partial charge in [0.1, 0.15) is 11.3 Å². The van der Waals surface area contributed by atoms with E-state index in [0.29, 0.717) is 31.7 Å². The lowest BCUT2D eigenvalue weighted by molar-refractivity contribution is 0.0746. The Hall–Kier alpha value is -2.12.